The van der Waals surface area contributed by atoms with Gasteiger partial charge in [0.1, 0.15) is 0 Å². The monoisotopic (exact) mass is 271 g/mol. The number of aliphatic hydroxyl groups is 1. The van der Waals surface area contributed by atoms with Crippen LogP contribution in [0, 0.1) is 5.92 Å². The summed E-state index contributed by atoms with van der Waals surface area (Å²) in [7, 11) is 0. The fourth-order valence-electron chi connectivity index (χ4n) is 1.85. The molecule has 0 radical (unpaired) electrons. The predicted molar refractivity (Wildman–Crippen MR) is 82.1 cm³/mol. The van der Waals surface area contributed by atoms with Crippen molar-refractivity contribution < 1.29 is 9.84 Å². The molecule has 2 unspecified atom stereocenters. The molecule has 19 heavy (non-hydrogen) atoms. The van der Waals surface area contributed by atoms with Crippen LogP contribution >= 0.6 is 0 Å². The van der Waals surface area contributed by atoms with Gasteiger partial charge >= 0.3 is 0 Å². The molecule has 0 fully saturated rings. The lowest BCUT2D eigenvalue weighted by Gasteiger charge is -2.29. The molecule has 0 aliphatic rings. The minimum absolute atomic E-state index is 0.184. The van der Waals surface area contributed by atoms with E-state index in [2.05, 4.69) is 13.8 Å². The van der Waals surface area contributed by atoms with Gasteiger partial charge in [-0.25, -0.2) is 0 Å². The molecule has 0 aliphatic heterocycles. The van der Waals surface area contributed by atoms with Crippen molar-refractivity contribution in [2.24, 2.45) is 11.7 Å². The Kier molecular flexibility index (Phi) is 7.87. The quantitative estimate of drug-likeness (QED) is 0.633. The first kappa shape index (κ1) is 18.6. The second-order valence-corrected chi connectivity index (χ2v) is 6.84. The first-order valence-electron chi connectivity index (χ1n) is 7.31. The van der Waals surface area contributed by atoms with Gasteiger partial charge in [0.05, 0.1) is 11.7 Å². The van der Waals surface area contributed by atoms with Crippen LogP contribution in [0.4, 0.5) is 0 Å². The standard InChI is InChI=1S/C16H33NO2/c1-7-8-13(2)14(18)9-10-16(5,6)19-12-11-15(3,4)17/h7-8,13-14,18H,9-12,17H2,1-6H3. The zero-order valence-corrected chi connectivity index (χ0v) is 13.6. The largest absolute Gasteiger partial charge is 0.393 e. The topological polar surface area (TPSA) is 55.5 Å². The van der Waals surface area contributed by atoms with Gasteiger partial charge in [-0.15, -0.1) is 0 Å². The first-order chi connectivity index (χ1) is 8.57. The highest BCUT2D eigenvalue weighted by atomic mass is 16.5. The number of hydrogen-bond donors (Lipinski definition) is 2. The van der Waals surface area contributed by atoms with Crippen molar-refractivity contribution >= 4 is 0 Å². The third-order valence-electron chi connectivity index (χ3n) is 3.38. The van der Waals surface area contributed by atoms with Crippen LogP contribution in [0.15, 0.2) is 12.2 Å². The molecule has 0 saturated carbocycles. The molecular weight excluding hydrogens is 238 g/mol. The van der Waals surface area contributed by atoms with Crippen LogP contribution in [0.2, 0.25) is 0 Å². The van der Waals surface area contributed by atoms with Crippen molar-refractivity contribution in [3.63, 3.8) is 0 Å². The van der Waals surface area contributed by atoms with E-state index < -0.39 is 0 Å². The van der Waals surface area contributed by atoms with Crippen LogP contribution in [0.3, 0.4) is 0 Å². The summed E-state index contributed by atoms with van der Waals surface area (Å²) in [5.74, 6) is 0.198. The van der Waals surface area contributed by atoms with E-state index in [0.29, 0.717) is 6.61 Å². The molecule has 0 heterocycles. The zero-order chi connectivity index (χ0) is 15.1. The highest BCUT2D eigenvalue weighted by Crippen LogP contribution is 2.22. The summed E-state index contributed by atoms with van der Waals surface area (Å²) in [4.78, 5) is 0. The van der Waals surface area contributed by atoms with Gasteiger partial charge < -0.3 is 15.6 Å². The summed E-state index contributed by atoms with van der Waals surface area (Å²) in [5.41, 5.74) is 5.54. The number of ether oxygens (including phenoxy) is 1. The Morgan fingerprint density at radius 3 is 2.26 bits per heavy atom. The van der Waals surface area contributed by atoms with E-state index in [0.717, 1.165) is 19.3 Å². The molecule has 114 valence electrons. The van der Waals surface area contributed by atoms with Gasteiger partial charge in [0.25, 0.3) is 0 Å². The summed E-state index contributed by atoms with van der Waals surface area (Å²) in [6.07, 6.45) is 6.17. The Bertz CT molecular complexity index is 266. The van der Waals surface area contributed by atoms with E-state index in [9.17, 15) is 5.11 Å². The summed E-state index contributed by atoms with van der Waals surface area (Å²) < 4.78 is 5.89. The molecule has 2 atom stereocenters. The van der Waals surface area contributed by atoms with Gasteiger partial charge in [0, 0.05) is 12.1 Å². The third-order valence-corrected chi connectivity index (χ3v) is 3.38. The summed E-state index contributed by atoms with van der Waals surface area (Å²) in [5, 5.41) is 10.0. The predicted octanol–water partition coefficient (Wildman–Crippen LogP) is 3.26. The molecule has 3 heteroatoms. The lowest BCUT2D eigenvalue weighted by Crippen LogP contribution is -2.35. The number of nitrogens with two attached hydrogens (primary N) is 1. The lowest BCUT2D eigenvalue weighted by atomic mass is 9.94. The second-order valence-electron chi connectivity index (χ2n) is 6.84. The molecule has 0 bridgehead atoms. The van der Waals surface area contributed by atoms with E-state index in [1.165, 1.54) is 0 Å². The molecule has 3 nitrogen and oxygen atoms in total. The molecule has 0 aromatic heterocycles. The number of allylic oxidation sites excluding steroid dienone is 1. The molecular formula is C16H33NO2. The minimum atomic E-state index is -0.301. The normalized spacial score (nSPS) is 16.8. The Morgan fingerprint density at radius 2 is 1.79 bits per heavy atom. The van der Waals surface area contributed by atoms with Crippen molar-refractivity contribution in [3.05, 3.63) is 12.2 Å². The highest BCUT2D eigenvalue weighted by Gasteiger charge is 2.22. The Hall–Kier alpha value is -0.380. The van der Waals surface area contributed by atoms with Crippen molar-refractivity contribution in [1.82, 2.24) is 0 Å². The smallest absolute Gasteiger partial charge is 0.0627 e. The number of rotatable bonds is 9. The molecule has 3 N–H and O–H groups in total. The van der Waals surface area contributed by atoms with E-state index in [1.807, 2.05) is 39.8 Å². The van der Waals surface area contributed by atoms with Gasteiger partial charge in [-0.1, -0.05) is 19.1 Å². The van der Waals surface area contributed by atoms with Crippen LogP contribution in [-0.2, 0) is 4.74 Å². The molecule has 0 rings (SSSR count). The van der Waals surface area contributed by atoms with Gasteiger partial charge in [-0.2, -0.15) is 0 Å². The first-order valence-corrected chi connectivity index (χ1v) is 7.31. The van der Waals surface area contributed by atoms with E-state index in [4.69, 9.17) is 10.5 Å². The van der Waals surface area contributed by atoms with Crippen LogP contribution < -0.4 is 5.73 Å². The Balaban J connectivity index is 4.02. The molecule has 0 spiro atoms. The van der Waals surface area contributed by atoms with E-state index in [1.54, 1.807) is 0 Å². The van der Waals surface area contributed by atoms with Gasteiger partial charge in [0.15, 0.2) is 0 Å². The average Bonchev–Trinajstić information content (AvgIpc) is 2.24. The second kappa shape index (κ2) is 8.03. The fourth-order valence-corrected chi connectivity index (χ4v) is 1.85. The summed E-state index contributed by atoms with van der Waals surface area (Å²) >= 11 is 0. The van der Waals surface area contributed by atoms with Gasteiger partial charge in [-0.05, 0) is 59.8 Å². The average molecular weight is 271 g/mol. The van der Waals surface area contributed by atoms with Crippen LogP contribution in [0.1, 0.15) is 60.8 Å². The summed E-state index contributed by atoms with van der Waals surface area (Å²) in [6, 6.07) is 0. The Morgan fingerprint density at radius 1 is 1.21 bits per heavy atom. The van der Waals surface area contributed by atoms with Gasteiger partial charge in [-0.3, -0.25) is 0 Å². The minimum Gasteiger partial charge on any atom is -0.393 e. The SMILES string of the molecule is CC=CC(C)C(O)CCC(C)(C)OCCC(C)(C)N. The number of hydrogen-bond acceptors (Lipinski definition) is 3. The lowest BCUT2D eigenvalue weighted by molar-refractivity contribution is -0.0389. The van der Waals surface area contributed by atoms with Gasteiger partial charge in [0.2, 0.25) is 0 Å². The van der Waals surface area contributed by atoms with Crippen LogP contribution in [0.25, 0.3) is 0 Å². The third kappa shape index (κ3) is 10.1. The van der Waals surface area contributed by atoms with Crippen LogP contribution in [0.5, 0.6) is 0 Å². The van der Waals surface area contributed by atoms with Crippen molar-refractivity contribution in [1.29, 1.82) is 0 Å². The molecule has 0 aromatic rings. The molecule has 0 saturated heterocycles. The number of aliphatic hydroxyl groups excluding tert-OH is 1. The molecule has 0 aliphatic carbocycles. The fraction of sp³-hybridized carbons (Fsp3) is 0.875. The maximum absolute atomic E-state index is 10.0. The molecule has 0 aromatic carbocycles. The maximum Gasteiger partial charge on any atom is 0.0627 e. The highest BCUT2D eigenvalue weighted by molar-refractivity contribution is 4.87. The van der Waals surface area contributed by atoms with Crippen molar-refractivity contribution in [3.8, 4) is 0 Å². The van der Waals surface area contributed by atoms with Crippen molar-refractivity contribution in [2.75, 3.05) is 6.61 Å². The zero-order valence-electron chi connectivity index (χ0n) is 13.6. The van der Waals surface area contributed by atoms with E-state index >= 15 is 0 Å². The van der Waals surface area contributed by atoms with Crippen LogP contribution in [-0.4, -0.2) is 29.0 Å². The Labute approximate surface area is 119 Å². The summed E-state index contributed by atoms with van der Waals surface area (Å²) in [6.45, 7) is 12.8. The maximum atomic E-state index is 10.0. The van der Waals surface area contributed by atoms with E-state index in [-0.39, 0.29) is 23.2 Å². The van der Waals surface area contributed by atoms with Crippen molar-refractivity contribution in [2.45, 2.75) is 78.0 Å². The molecule has 0 amide bonds.